The summed E-state index contributed by atoms with van der Waals surface area (Å²) in [5.41, 5.74) is 6.58. The molecule has 0 aliphatic carbocycles. The molecule has 1 fully saturated rings. The molecule has 0 bridgehead atoms. The monoisotopic (exact) mass is 483 g/mol. The van der Waals surface area contributed by atoms with Crippen molar-refractivity contribution in [1.82, 2.24) is 14.8 Å². The molecule has 1 amide bonds. The zero-order chi connectivity index (χ0) is 25.7. The Morgan fingerprint density at radius 2 is 1.72 bits per heavy atom. The van der Waals surface area contributed by atoms with Crippen molar-refractivity contribution in [2.75, 3.05) is 43.9 Å². The molecule has 0 spiro atoms. The van der Waals surface area contributed by atoms with Crippen LogP contribution in [0.1, 0.15) is 52.5 Å². The molecule has 1 aliphatic heterocycles. The number of piperazine rings is 1. The minimum Gasteiger partial charge on any atom is -0.340 e. The number of aryl methyl sites for hydroxylation is 2. The maximum atomic E-state index is 13.3. The van der Waals surface area contributed by atoms with Gasteiger partial charge in [0.05, 0.1) is 5.69 Å². The van der Waals surface area contributed by atoms with E-state index in [1.165, 1.54) is 5.56 Å². The van der Waals surface area contributed by atoms with Crippen molar-refractivity contribution in [1.29, 1.82) is 0 Å². The molecule has 2 aromatic carbocycles. The molecule has 3 aromatic rings. The van der Waals surface area contributed by atoms with Gasteiger partial charge in [0, 0.05) is 55.2 Å². The molecular formula is C30H37N5O. The number of likely N-dealkylation sites (N-methyl/N-ethyl adjacent to an activating group) is 1. The number of aromatic nitrogens is 1. The SMILES string of the molecule is C/C=C(/Nc1ccc(C)cn1)c1ccccc1NC(=O)c1ccc(C(C)N2CCN(C)CC2)cc1C. The van der Waals surface area contributed by atoms with Crippen LogP contribution in [-0.2, 0) is 0 Å². The van der Waals surface area contributed by atoms with Crippen LogP contribution in [0.5, 0.6) is 0 Å². The van der Waals surface area contributed by atoms with E-state index in [0.717, 1.165) is 60.1 Å². The Labute approximate surface area is 215 Å². The molecule has 1 aromatic heterocycles. The second-order valence-electron chi connectivity index (χ2n) is 9.64. The lowest BCUT2D eigenvalue weighted by atomic mass is 9.99. The van der Waals surface area contributed by atoms with Crippen molar-refractivity contribution in [2.24, 2.45) is 0 Å². The predicted molar refractivity (Wildman–Crippen MR) is 149 cm³/mol. The quantitative estimate of drug-likeness (QED) is 0.449. The number of carbonyl (C=O) groups excluding carboxylic acids is 1. The number of rotatable bonds is 7. The zero-order valence-corrected chi connectivity index (χ0v) is 22.0. The van der Waals surface area contributed by atoms with E-state index in [4.69, 9.17) is 0 Å². The maximum absolute atomic E-state index is 13.3. The number of hydrogen-bond acceptors (Lipinski definition) is 5. The number of benzene rings is 2. The standard InChI is InChI=1S/C30H37N5O/c1-6-27(32-29-14-11-21(2)20-31-29)26-9-7-8-10-28(26)33-30(36)25-13-12-24(19-22(25)3)23(4)35-17-15-34(5)16-18-35/h6-14,19-20,23H,15-18H2,1-5H3,(H,31,32)(H,33,36)/b27-6+. The Kier molecular flexibility index (Phi) is 8.18. The van der Waals surface area contributed by atoms with Gasteiger partial charge in [-0.05, 0) is 69.6 Å². The summed E-state index contributed by atoms with van der Waals surface area (Å²) in [5, 5.41) is 6.52. The lowest BCUT2D eigenvalue weighted by Crippen LogP contribution is -2.45. The third-order valence-corrected chi connectivity index (χ3v) is 6.99. The highest BCUT2D eigenvalue weighted by atomic mass is 16.1. The number of pyridine rings is 1. The zero-order valence-electron chi connectivity index (χ0n) is 22.0. The van der Waals surface area contributed by atoms with Gasteiger partial charge in [-0.15, -0.1) is 0 Å². The highest BCUT2D eigenvalue weighted by Crippen LogP contribution is 2.27. The van der Waals surface area contributed by atoms with E-state index >= 15 is 0 Å². The van der Waals surface area contributed by atoms with Gasteiger partial charge in [-0.2, -0.15) is 0 Å². The fourth-order valence-corrected chi connectivity index (χ4v) is 4.61. The van der Waals surface area contributed by atoms with Crippen LogP contribution in [0.15, 0.2) is 66.9 Å². The number of para-hydroxylation sites is 1. The average molecular weight is 484 g/mol. The predicted octanol–water partition coefficient (Wildman–Crippen LogP) is 5.73. The minimum atomic E-state index is -0.109. The fraction of sp³-hybridized carbons (Fsp3) is 0.333. The van der Waals surface area contributed by atoms with Crippen LogP contribution < -0.4 is 10.6 Å². The molecule has 36 heavy (non-hydrogen) atoms. The Hall–Kier alpha value is -3.48. The van der Waals surface area contributed by atoms with E-state index in [0.29, 0.717) is 11.6 Å². The highest BCUT2D eigenvalue weighted by Gasteiger charge is 2.21. The second-order valence-corrected chi connectivity index (χ2v) is 9.64. The first-order chi connectivity index (χ1) is 17.4. The number of nitrogens with zero attached hydrogens (tertiary/aromatic N) is 3. The molecular weight excluding hydrogens is 446 g/mol. The first-order valence-electron chi connectivity index (χ1n) is 12.7. The van der Waals surface area contributed by atoms with Gasteiger partial charge in [-0.3, -0.25) is 9.69 Å². The third-order valence-electron chi connectivity index (χ3n) is 6.99. The van der Waals surface area contributed by atoms with Gasteiger partial charge in [0.25, 0.3) is 5.91 Å². The summed E-state index contributed by atoms with van der Waals surface area (Å²) in [6.07, 6.45) is 3.83. The number of amides is 1. The summed E-state index contributed by atoms with van der Waals surface area (Å²) in [6.45, 7) is 12.6. The van der Waals surface area contributed by atoms with Gasteiger partial charge < -0.3 is 15.5 Å². The number of nitrogens with one attached hydrogen (secondary N) is 2. The molecule has 0 radical (unpaired) electrons. The molecule has 0 saturated carbocycles. The Balaban J connectivity index is 1.50. The van der Waals surface area contributed by atoms with E-state index in [1.54, 1.807) is 0 Å². The number of anilines is 2. The Morgan fingerprint density at radius 1 is 0.972 bits per heavy atom. The summed E-state index contributed by atoms with van der Waals surface area (Å²) in [4.78, 5) is 22.7. The molecule has 1 unspecified atom stereocenters. The minimum absolute atomic E-state index is 0.109. The van der Waals surface area contributed by atoms with Gasteiger partial charge in [0.2, 0.25) is 0 Å². The van der Waals surface area contributed by atoms with Crippen LogP contribution in [0.2, 0.25) is 0 Å². The van der Waals surface area contributed by atoms with Crippen LogP contribution in [0.25, 0.3) is 5.70 Å². The van der Waals surface area contributed by atoms with Crippen LogP contribution in [0.4, 0.5) is 11.5 Å². The number of hydrogen-bond donors (Lipinski definition) is 2. The van der Waals surface area contributed by atoms with Crippen LogP contribution in [0, 0.1) is 13.8 Å². The van der Waals surface area contributed by atoms with E-state index in [-0.39, 0.29) is 5.91 Å². The molecule has 1 atom stereocenters. The maximum Gasteiger partial charge on any atom is 0.255 e. The van der Waals surface area contributed by atoms with Crippen molar-refractivity contribution < 1.29 is 4.79 Å². The molecule has 6 nitrogen and oxygen atoms in total. The first kappa shape index (κ1) is 25.6. The van der Waals surface area contributed by atoms with Gasteiger partial charge >= 0.3 is 0 Å². The molecule has 1 saturated heterocycles. The normalized spacial score (nSPS) is 16.0. The smallest absolute Gasteiger partial charge is 0.255 e. The third kappa shape index (κ3) is 6.01. The lowest BCUT2D eigenvalue weighted by Gasteiger charge is -2.36. The number of carbonyl (C=O) groups is 1. The van der Waals surface area contributed by atoms with Crippen LogP contribution in [0.3, 0.4) is 0 Å². The highest BCUT2D eigenvalue weighted by molar-refractivity contribution is 6.06. The summed E-state index contributed by atoms with van der Waals surface area (Å²) < 4.78 is 0. The van der Waals surface area contributed by atoms with Crippen molar-refractivity contribution in [3.05, 3.63) is 94.7 Å². The fourth-order valence-electron chi connectivity index (χ4n) is 4.61. The topological polar surface area (TPSA) is 60.5 Å². The molecule has 4 rings (SSSR count). The van der Waals surface area contributed by atoms with Crippen molar-refractivity contribution in [3.63, 3.8) is 0 Å². The summed E-state index contributed by atoms with van der Waals surface area (Å²) >= 11 is 0. The molecule has 1 aliphatic rings. The van der Waals surface area contributed by atoms with E-state index in [2.05, 4.69) is 51.5 Å². The van der Waals surface area contributed by atoms with Gasteiger partial charge in [0.1, 0.15) is 5.82 Å². The molecule has 2 N–H and O–H groups in total. The summed E-state index contributed by atoms with van der Waals surface area (Å²) in [5.74, 6) is 0.651. The second kappa shape index (κ2) is 11.5. The van der Waals surface area contributed by atoms with Crippen LogP contribution in [-0.4, -0.2) is 53.9 Å². The van der Waals surface area contributed by atoms with Crippen molar-refractivity contribution in [3.8, 4) is 0 Å². The summed E-state index contributed by atoms with van der Waals surface area (Å²) in [6, 6.07) is 18.4. The molecule has 2 heterocycles. The van der Waals surface area contributed by atoms with Gasteiger partial charge in [0.15, 0.2) is 0 Å². The first-order valence-corrected chi connectivity index (χ1v) is 12.7. The summed E-state index contributed by atoms with van der Waals surface area (Å²) in [7, 11) is 2.17. The number of allylic oxidation sites excluding steroid dienone is 1. The van der Waals surface area contributed by atoms with E-state index in [1.807, 2.05) is 75.5 Å². The Morgan fingerprint density at radius 3 is 2.39 bits per heavy atom. The van der Waals surface area contributed by atoms with Crippen molar-refractivity contribution in [2.45, 2.75) is 33.7 Å². The van der Waals surface area contributed by atoms with Gasteiger partial charge in [-0.1, -0.05) is 42.5 Å². The largest absolute Gasteiger partial charge is 0.340 e. The Bertz CT molecular complexity index is 1230. The molecule has 188 valence electrons. The average Bonchev–Trinajstić information content (AvgIpc) is 2.88. The lowest BCUT2D eigenvalue weighted by molar-refractivity contribution is 0.102. The van der Waals surface area contributed by atoms with Crippen LogP contribution >= 0.6 is 0 Å². The van der Waals surface area contributed by atoms with E-state index in [9.17, 15) is 4.79 Å². The van der Waals surface area contributed by atoms with Crippen molar-refractivity contribution >= 4 is 23.1 Å². The van der Waals surface area contributed by atoms with Gasteiger partial charge in [-0.25, -0.2) is 4.98 Å². The molecule has 6 heteroatoms. The van der Waals surface area contributed by atoms with E-state index < -0.39 is 0 Å².